The van der Waals surface area contributed by atoms with E-state index < -0.39 is 0 Å². The summed E-state index contributed by atoms with van der Waals surface area (Å²) in [5.41, 5.74) is 15.8. The molecule has 0 aliphatic carbocycles. The number of halogens is 1. The fourth-order valence-corrected chi connectivity index (χ4v) is 7.02. The highest BCUT2D eigenvalue weighted by atomic mass is 35.5. The van der Waals surface area contributed by atoms with Gasteiger partial charge in [-0.2, -0.15) is 0 Å². The molecule has 5 aliphatic heterocycles. The minimum Gasteiger partial charge on any atom is -0.248 e. The fourth-order valence-electron chi connectivity index (χ4n) is 6.85. The quantitative estimate of drug-likeness (QED) is 0.191. The molecule has 236 valence electrons. The maximum atomic E-state index is 6.19. The van der Waals surface area contributed by atoms with Gasteiger partial charge in [-0.05, 0) is 76.4 Å². The van der Waals surface area contributed by atoms with E-state index in [1.54, 1.807) is 0 Å². The van der Waals surface area contributed by atoms with Crippen molar-refractivity contribution < 1.29 is 0 Å². The van der Waals surface area contributed by atoms with Gasteiger partial charge in [0.25, 0.3) is 0 Å². The lowest BCUT2D eigenvalue weighted by Gasteiger charge is -2.12. The van der Waals surface area contributed by atoms with Gasteiger partial charge in [-0.1, -0.05) is 115 Å². The van der Waals surface area contributed by atoms with Gasteiger partial charge in [0.15, 0.2) is 0 Å². The van der Waals surface area contributed by atoms with Crippen molar-refractivity contribution in [1.29, 1.82) is 0 Å². The van der Waals surface area contributed by atoms with Crippen molar-refractivity contribution in [3.8, 4) is 0 Å². The lowest BCUT2D eigenvalue weighted by molar-refractivity contribution is 1.38. The lowest BCUT2D eigenvalue weighted by Crippen LogP contribution is -2.03. The second kappa shape index (κ2) is 12.7. The Kier molecular flexibility index (Phi) is 7.57. The number of fused-ring (bicyclic) bond motifs is 4. The van der Waals surface area contributed by atoms with E-state index in [1.165, 1.54) is 0 Å². The third kappa shape index (κ3) is 5.36. The molecule has 0 aromatic heterocycles. The summed E-state index contributed by atoms with van der Waals surface area (Å²) in [5, 5.41) is 0. The first-order valence-electron chi connectivity index (χ1n) is 16.6. The van der Waals surface area contributed by atoms with Gasteiger partial charge in [0, 0.05) is 28.2 Å². The fraction of sp³-hybridized carbons (Fsp3) is 0.0222. The zero-order chi connectivity index (χ0) is 33.4. The molecule has 5 heterocycles. The number of nitrogens with zero attached hydrogens (tertiary/aromatic N) is 4. The number of benzene rings is 4. The van der Waals surface area contributed by atoms with E-state index in [2.05, 4.69) is 146 Å². The van der Waals surface area contributed by atoms with Crippen LogP contribution in [0.25, 0.3) is 22.3 Å². The first-order valence-corrected chi connectivity index (χ1v) is 17.1. The number of aliphatic imine (C=N–C) groups is 4. The molecule has 5 aliphatic rings. The first kappa shape index (κ1) is 29.9. The van der Waals surface area contributed by atoms with Crippen LogP contribution in [0.1, 0.15) is 27.8 Å². The first-order chi connectivity index (χ1) is 24.7. The normalized spacial score (nSPS) is 17.6. The number of hydrogen-bond donors (Lipinski definition) is 0. The van der Waals surface area contributed by atoms with E-state index in [0.717, 1.165) is 95.7 Å². The van der Waals surface area contributed by atoms with Gasteiger partial charge in [0.05, 0.1) is 45.6 Å². The molecule has 8 bridgehead atoms. The van der Waals surface area contributed by atoms with Crippen molar-refractivity contribution in [2.24, 2.45) is 20.0 Å². The molecule has 4 aromatic rings. The Morgan fingerprint density at radius 1 is 0.320 bits per heavy atom. The van der Waals surface area contributed by atoms with Crippen molar-refractivity contribution in [3.05, 3.63) is 214 Å². The predicted octanol–water partition coefficient (Wildman–Crippen LogP) is 10.4. The zero-order valence-electron chi connectivity index (χ0n) is 27.0. The Labute approximate surface area is 296 Å². The van der Waals surface area contributed by atoms with Gasteiger partial charge < -0.3 is 0 Å². The van der Waals surface area contributed by atoms with Gasteiger partial charge >= 0.3 is 0 Å². The topological polar surface area (TPSA) is 49.4 Å². The van der Waals surface area contributed by atoms with Gasteiger partial charge in [0.1, 0.15) is 0 Å². The molecule has 0 fully saturated rings. The Balaban J connectivity index is 1.36. The molecule has 50 heavy (non-hydrogen) atoms. The van der Waals surface area contributed by atoms with E-state index in [0.29, 0.717) is 5.88 Å². The molecule has 0 amide bonds. The maximum absolute atomic E-state index is 6.19. The number of rotatable bonds is 5. The smallest absolute Gasteiger partial charge is 0.0738 e. The van der Waals surface area contributed by atoms with Crippen LogP contribution in [-0.2, 0) is 5.88 Å². The van der Waals surface area contributed by atoms with Gasteiger partial charge in [0.2, 0.25) is 0 Å². The Bertz CT molecular complexity index is 2410. The molecule has 0 N–H and O–H groups in total. The minimum atomic E-state index is 0.449. The molecular weight excluding hydrogens is 632 g/mol. The van der Waals surface area contributed by atoms with Crippen molar-refractivity contribution in [1.82, 2.24) is 0 Å². The van der Waals surface area contributed by atoms with E-state index in [4.69, 9.17) is 31.6 Å². The Hall–Kier alpha value is -6.23. The van der Waals surface area contributed by atoms with Crippen LogP contribution in [0.5, 0.6) is 0 Å². The molecule has 5 heteroatoms. The van der Waals surface area contributed by atoms with E-state index in [1.807, 2.05) is 18.2 Å². The third-order valence-electron chi connectivity index (χ3n) is 9.19. The lowest BCUT2D eigenvalue weighted by atomic mass is 9.98. The van der Waals surface area contributed by atoms with E-state index in [-0.39, 0.29) is 0 Å². The third-order valence-corrected chi connectivity index (χ3v) is 9.50. The molecular formula is C45H29ClN4. The number of allylic oxidation sites excluding steroid dienone is 12. The molecule has 0 atom stereocenters. The SMILES string of the molecule is ClCc1ccc(C2=C3C=CC(=N3)C(c3ccccc3)=C3C=CC(=N3)C(c3ccccc3)=C3C=CC(=N3)C(c3ccccc3)=C3C=CC2=N3)cc1. The highest BCUT2D eigenvalue weighted by Gasteiger charge is 2.27. The molecule has 4 nitrogen and oxygen atoms in total. The van der Waals surface area contributed by atoms with Crippen molar-refractivity contribution in [2.75, 3.05) is 0 Å². The van der Waals surface area contributed by atoms with Crippen molar-refractivity contribution in [3.63, 3.8) is 0 Å². The highest BCUT2D eigenvalue weighted by molar-refractivity contribution is 6.39. The summed E-state index contributed by atoms with van der Waals surface area (Å²) in [4.78, 5) is 21.3. The summed E-state index contributed by atoms with van der Waals surface area (Å²) in [7, 11) is 0. The Morgan fingerprint density at radius 3 is 0.880 bits per heavy atom. The summed E-state index contributed by atoms with van der Waals surface area (Å²) < 4.78 is 0. The molecule has 0 spiro atoms. The second-order valence-corrected chi connectivity index (χ2v) is 12.6. The molecule has 0 saturated carbocycles. The van der Waals surface area contributed by atoms with Crippen LogP contribution in [0.15, 0.2) is 207 Å². The van der Waals surface area contributed by atoms with Gasteiger partial charge in [-0.15, -0.1) is 11.6 Å². The number of hydrogen-bond acceptors (Lipinski definition) is 4. The van der Waals surface area contributed by atoms with Crippen molar-refractivity contribution >= 4 is 56.7 Å². The van der Waals surface area contributed by atoms with Gasteiger partial charge in [-0.3, -0.25) is 0 Å². The van der Waals surface area contributed by atoms with Gasteiger partial charge in [-0.25, -0.2) is 20.0 Å². The molecule has 0 unspecified atom stereocenters. The summed E-state index contributed by atoms with van der Waals surface area (Å²) >= 11 is 6.19. The number of alkyl halides is 1. The molecule has 0 radical (unpaired) electrons. The van der Waals surface area contributed by atoms with Crippen LogP contribution in [-0.4, -0.2) is 22.8 Å². The highest BCUT2D eigenvalue weighted by Crippen LogP contribution is 2.38. The summed E-state index contributed by atoms with van der Waals surface area (Å²) in [6.45, 7) is 0. The minimum absolute atomic E-state index is 0.449. The zero-order valence-corrected chi connectivity index (χ0v) is 27.7. The largest absolute Gasteiger partial charge is 0.248 e. The summed E-state index contributed by atoms with van der Waals surface area (Å²) in [6.07, 6.45) is 16.8. The van der Waals surface area contributed by atoms with Crippen LogP contribution in [0.4, 0.5) is 0 Å². The monoisotopic (exact) mass is 660 g/mol. The van der Waals surface area contributed by atoms with Crippen molar-refractivity contribution in [2.45, 2.75) is 5.88 Å². The summed E-state index contributed by atoms with van der Waals surface area (Å²) in [6, 6.07) is 39.5. The Morgan fingerprint density at radius 2 is 0.600 bits per heavy atom. The predicted molar refractivity (Wildman–Crippen MR) is 209 cm³/mol. The van der Waals surface area contributed by atoms with E-state index in [9.17, 15) is 0 Å². The molecule has 9 rings (SSSR count). The maximum Gasteiger partial charge on any atom is 0.0738 e. The standard InChI is InChI=1S/C45H29ClN4/c46-28-29-16-18-33(19-17-29)45-40-26-24-38(49-40)43(31-12-6-2-7-13-31)36-22-20-34(47-36)42(30-10-4-1-5-11-30)35-21-23-37(48-35)44(32-14-8-3-9-15-32)39-25-27-41(45)50-39/h1-27H,28H2. The molecule has 4 aromatic carbocycles. The summed E-state index contributed by atoms with van der Waals surface area (Å²) in [5.74, 6) is 0.449. The van der Waals surface area contributed by atoms with Crippen LogP contribution >= 0.6 is 11.6 Å². The molecule has 0 saturated heterocycles. The van der Waals surface area contributed by atoms with E-state index >= 15 is 0 Å². The van der Waals surface area contributed by atoms with Crippen LogP contribution in [0.3, 0.4) is 0 Å². The van der Waals surface area contributed by atoms with Crippen LogP contribution in [0, 0.1) is 0 Å². The average molecular weight is 661 g/mol. The van der Waals surface area contributed by atoms with Crippen LogP contribution < -0.4 is 0 Å². The average Bonchev–Trinajstić information content (AvgIpc) is 4.01. The van der Waals surface area contributed by atoms with Crippen LogP contribution in [0.2, 0.25) is 0 Å². The second-order valence-electron chi connectivity index (χ2n) is 12.3.